The SMILES string of the molecule is COc1ccc(C)cc1C(=O)O[C@H](C)C(=O)N1CC(=O)Nc2ccccc21. The third-order valence-electron chi connectivity index (χ3n) is 4.24. The topological polar surface area (TPSA) is 84.9 Å². The van der Waals surface area contributed by atoms with Crippen LogP contribution in [0.4, 0.5) is 11.4 Å². The van der Waals surface area contributed by atoms with Crippen LogP contribution >= 0.6 is 0 Å². The molecule has 27 heavy (non-hydrogen) atoms. The molecule has 1 N–H and O–H groups in total. The van der Waals surface area contributed by atoms with Crippen LogP contribution < -0.4 is 15.0 Å². The minimum Gasteiger partial charge on any atom is -0.496 e. The average Bonchev–Trinajstić information content (AvgIpc) is 2.66. The maximum Gasteiger partial charge on any atom is 0.342 e. The van der Waals surface area contributed by atoms with E-state index < -0.39 is 18.0 Å². The van der Waals surface area contributed by atoms with Crippen molar-refractivity contribution in [3.8, 4) is 5.75 Å². The molecule has 2 amide bonds. The van der Waals surface area contributed by atoms with Crippen LogP contribution in [-0.2, 0) is 14.3 Å². The first-order chi connectivity index (χ1) is 12.9. The number of benzene rings is 2. The van der Waals surface area contributed by atoms with Crippen LogP contribution in [0.1, 0.15) is 22.8 Å². The second-order valence-corrected chi connectivity index (χ2v) is 6.24. The van der Waals surface area contributed by atoms with Crippen molar-refractivity contribution >= 4 is 29.2 Å². The summed E-state index contributed by atoms with van der Waals surface area (Å²) >= 11 is 0. The van der Waals surface area contributed by atoms with Gasteiger partial charge in [-0.05, 0) is 38.1 Å². The Morgan fingerprint density at radius 3 is 2.67 bits per heavy atom. The summed E-state index contributed by atoms with van der Waals surface area (Å²) in [5.41, 5.74) is 2.22. The van der Waals surface area contributed by atoms with Gasteiger partial charge in [0.05, 0.1) is 18.5 Å². The standard InChI is InChI=1S/C20H20N2O5/c1-12-8-9-17(26-3)14(10-12)20(25)27-13(2)19(24)22-11-18(23)21-15-6-4-5-7-16(15)22/h4-10,13H,11H2,1-3H3,(H,21,23)/t13-/m1/s1. The van der Waals surface area contributed by atoms with E-state index in [1.54, 1.807) is 36.4 Å². The number of hydrogen-bond acceptors (Lipinski definition) is 5. The minimum atomic E-state index is -1.07. The van der Waals surface area contributed by atoms with Gasteiger partial charge < -0.3 is 14.8 Å². The van der Waals surface area contributed by atoms with Crippen LogP contribution in [0.15, 0.2) is 42.5 Å². The van der Waals surface area contributed by atoms with Crippen molar-refractivity contribution < 1.29 is 23.9 Å². The number of esters is 1. The lowest BCUT2D eigenvalue weighted by Gasteiger charge is -2.30. The number of aryl methyl sites for hydroxylation is 1. The molecule has 2 aromatic carbocycles. The van der Waals surface area contributed by atoms with Gasteiger partial charge in [-0.15, -0.1) is 0 Å². The number of nitrogens with one attached hydrogen (secondary N) is 1. The summed E-state index contributed by atoms with van der Waals surface area (Å²) in [5.74, 6) is -1.07. The molecule has 0 fully saturated rings. The number of ether oxygens (including phenoxy) is 2. The summed E-state index contributed by atoms with van der Waals surface area (Å²) in [5, 5.41) is 2.71. The first-order valence-corrected chi connectivity index (χ1v) is 8.46. The van der Waals surface area contributed by atoms with Crippen molar-refractivity contribution in [2.45, 2.75) is 20.0 Å². The van der Waals surface area contributed by atoms with E-state index in [1.807, 2.05) is 13.0 Å². The molecular weight excluding hydrogens is 348 g/mol. The molecule has 7 nitrogen and oxygen atoms in total. The van der Waals surface area contributed by atoms with Crippen molar-refractivity contribution in [2.75, 3.05) is 23.9 Å². The number of amides is 2. The van der Waals surface area contributed by atoms with Crippen LogP contribution in [0, 0.1) is 6.92 Å². The van der Waals surface area contributed by atoms with E-state index in [-0.39, 0.29) is 18.0 Å². The molecule has 3 rings (SSSR count). The fraction of sp³-hybridized carbons (Fsp3) is 0.250. The summed E-state index contributed by atoms with van der Waals surface area (Å²) in [6.07, 6.45) is -1.07. The van der Waals surface area contributed by atoms with E-state index in [0.717, 1.165) is 5.56 Å². The molecule has 0 aromatic heterocycles. The maximum atomic E-state index is 12.8. The van der Waals surface area contributed by atoms with Crippen molar-refractivity contribution in [3.63, 3.8) is 0 Å². The highest BCUT2D eigenvalue weighted by atomic mass is 16.5. The third-order valence-corrected chi connectivity index (χ3v) is 4.24. The first-order valence-electron chi connectivity index (χ1n) is 8.46. The minimum absolute atomic E-state index is 0.133. The van der Waals surface area contributed by atoms with E-state index in [2.05, 4.69) is 5.32 Å². The monoisotopic (exact) mass is 368 g/mol. The molecule has 0 bridgehead atoms. The molecule has 0 unspecified atom stereocenters. The average molecular weight is 368 g/mol. The fourth-order valence-electron chi connectivity index (χ4n) is 2.91. The Bertz CT molecular complexity index is 909. The zero-order valence-electron chi connectivity index (χ0n) is 15.3. The van der Waals surface area contributed by atoms with Crippen LogP contribution in [0.2, 0.25) is 0 Å². The lowest BCUT2D eigenvalue weighted by molar-refractivity contribution is -0.128. The molecule has 1 aliphatic heterocycles. The van der Waals surface area contributed by atoms with Gasteiger partial charge in [-0.2, -0.15) is 0 Å². The highest BCUT2D eigenvalue weighted by molar-refractivity contribution is 6.11. The van der Waals surface area contributed by atoms with Crippen molar-refractivity contribution in [3.05, 3.63) is 53.6 Å². The Labute approximate surface area is 156 Å². The zero-order valence-corrected chi connectivity index (χ0v) is 15.3. The van der Waals surface area contributed by atoms with Crippen LogP contribution in [-0.4, -0.2) is 37.5 Å². The number of carbonyl (C=O) groups is 3. The molecule has 0 aliphatic carbocycles. The Balaban J connectivity index is 1.80. The zero-order chi connectivity index (χ0) is 19.6. The van der Waals surface area contributed by atoms with Crippen molar-refractivity contribution in [2.24, 2.45) is 0 Å². The van der Waals surface area contributed by atoms with Gasteiger partial charge in [-0.3, -0.25) is 14.5 Å². The summed E-state index contributed by atoms with van der Waals surface area (Å²) < 4.78 is 10.5. The molecule has 1 heterocycles. The molecule has 0 saturated carbocycles. The Morgan fingerprint density at radius 2 is 1.93 bits per heavy atom. The summed E-state index contributed by atoms with van der Waals surface area (Å²) in [7, 11) is 1.46. The van der Waals surface area contributed by atoms with E-state index in [1.165, 1.54) is 18.9 Å². The smallest absolute Gasteiger partial charge is 0.342 e. The van der Waals surface area contributed by atoms with Gasteiger partial charge in [0.1, 0.15) is 17.9 Å². The third kappa shape index (κ3) is 3.76. The van der Waals surface area contributed by atoms with E-state index in [4.69, 9.17) is 9.47 Å². The van der Waals surface area contributed by atoms with Gasteiger partial charge in [0.25, 0.3) is 5.91 Å². The van der Waals surface area contributed by atoms with Gasteiger partial charge in [0.2, 0.25) is 5.91 Å². The number of nitrogens with zero attached hydrogens (tertiary/aromatic N) is 1. The first kappa shape index (κ1) is 18.4. The Morgan fingerprint density at radius 1 is 1.19 bits per heavy atom. The van der Waals surface area contributed by atoms with Gasteiger partial charge in [0.15, 0.2) is 6.10 Å². The number of fused-ring (bicyclic) bond motifs is 1. The molecular formula is C20H20N2O5. The number of rotatable bonds is 4. The highest BCUT2D eigenvalue weighted by Crippen LogP contribution is 2.30. The number of anilines is 2. The molecule has 2 aromatic rings. The lowest BCUT2D eigenvalue weighted by Crippen LogP contribution is -2.47. The quantitative estimate of drug-likeness (QED) is 0.839. The Kier molecular flexibility index (Phi) is 5.12. The predicted octanol–water partition coefficient (Wildman–Crippen LogP) is 2.53. The van der Waals surface area contributed by atoms with Crippen LogP contribution in [0.25, 0.3) is 0 Å². The fourth-order valence-corrected chi connectivity index (χ4v) is 2.91. The lowest BCUT2D eigenvalue weighted by atomic mass is 10.1. The number of carbonyl (C=O) groups excluding carboxylic acids is 3. The highest BCUT2D eigenvalue weighted by Gasteiger charge is 2.31. The van der Waals surface area contributed by atoms with Crippen molar-refractivity contribution in [1.82, 2.24) is 0 Å². The van der Waals surface area contributed by atoms with Crippen molar-refractivity contribution in [1.29, 1.82) is 0 Å². The molecule has 140 valence electrons. The molecule has 0 saturated heterocycles. The van der Waals surface area contributed by atoms with Gasteiger partial charge >= 0.3 is 5.97 Å². The van der Waals surface area contributed by atoms with Gasteiger partial charge in [-0.1, -0.05) is 23.8 Å². The number of para-hydroxylation sites is 2. The van der Waals surface area contributed by atoms with Crippen LogP contribution in [0.5, 0.6) is 5.75 Å². The summed E-state index contributed by atoms with van der Waals surface area (Å²) in [4.78, 5) is 38.6. The molecule has 7 heteroatoms. The number of methoxy groups -OCH3 is 1. The summed E-state index contributed by atoms with van der Waals surface area (Å²) in [6, 6.07) is 12.1. The number of hydrogen-bond donors (Lipinski definition) is 1. The normalized spacial score (nSPS) is 14.0. The second kappa shape index (κ2) is 7.49. The molecule has 0 radical (unpaired) electrons. The van der Waals surface area contributed by atoms with E-state index in [0.29, 0.717) is 17.1 Å². The van der Waals surface area contributed by atoms with Crippen LogP contribution in [0.3, 0.4) is 0 Å². The summed E-state index contributed by atoms with van der Waals surface area (Å²) in [6.45, 7) is 3.19. The predicted molar refractivity (Wildman–Crippen MR) is 100 cm³/mol. The Hall–Kier alpha value is -3.35. The molecule has 0 spiro atoms. The van der Waals surface area contributed by atoms with E-state index in [9.17, 15) is 14.4 Å². The molecule has 1 aliphatic rings. The molecule has 1 atom stereocenters. The second-order valence-electron chi connectivity index (χ2n) is 6.24. The van der Waals surface area contributed by atoms with Gasteiger partial charge in [-0.25, -0.2) is 4.79 Å². The van der Waals surface area contributed by atoms with E-state index >= 15 is 0 Å². The van der Waals surface area contributed by atoms with Gasteiger partial charge in [0, 0.05) is 0 Å². The largest absolute Gasteiger partial charge is 0.496 e. The maximum absolute atomic E-state index is 12.8.